The number of aromatic nitrogens is 3. The second kappa shape index (κ2) is 5.16. The molecule has 0 atom stereocenters. The number of carbonyl (C=O) groups is 1. The molecular formula is C11H17ClN6O. The smallest absolute Gasteiger partial charge is 0.245 e. The first-order valence-corrected chi connectivity index (χ1v) is 6.54. The van der Waals surface area contributed by atoms with E-state index in [4.69, 9.17) is 11.6 Å². The van der Waals surface area contributed by atoms with Gasteiger partial charge in [-0.15, -0.1) is 0 Å². The van der Waals surface area contributed by atoms with Gasteiger partial charge in [-0.1, -0.05) is 0 Å². The fourth-order valence-electron chi connectivity index (χ4n) is 1.95. The second-order valence-electron chi connectivity index (χ2n) is 4.72. The van der Waals surface area contributed by atoms with Crippen molar-refractivity contribution in [3.8, 4) is 0 Å². The zero-order valence-electron chi connectivity index (χ0n) is 11.2. The molecule has 1 aromatic heterocycles. The van der Waals surface area contributed by atoms with Gasteiger partial charge in [0.1, 0.15) is 5.54 Å². The van der Waals surface area contributed by atoms with Gasteiger partial charge in [-0.2, -0.15) is 15.0 Å². The van der Waals surface area contributed by atoms with E-state index in [1.165, 1.54) is 0 Å². The van der Waals surface area contributed by atoms with E-state index in [-0.39, 0.29) is 11.2 Å². The molecule has 1 fully saturated rings. The minimum atomic E-state index is -0.716. The lowest BCUT2D eigenvalue weighted by atomic mass is 10.00. The van der Waals surface area contributed by atoms with Gasteiger partial charge in [0, 0.05) is 19.6 Å². The highest BCUT2D eigenvalue weighted by Gasteiger charge is 2.39. The number of anilines is 2. The SMILES string of the molecule is CCNc1nc(Cl)nc(N2CCNC(=O)C2(C)C)n1. The molecule has 1 aliphatic rings. The minimum absolute atomic E-state index is 0.0553. The Labute approximate surface area is 116 Å². The lowest BCUT2D eigenvalue weighted by molar-refractivity contribution is -0.126. The van der Waals surface area contributed by atoms with Gasteiger partial charge in [0.05, 0.1) is 0 Å². The number of nitrogens with one attached hydrogen (secondary N) is 2. The maximum Gasteiger partial charge on any atom is 0.245 e. The van der Waals surface area contributed by atoms with Crippen LogP contribution in [-0.4, -0.2) is 46.0 Å². The van der Waals surface area contributed by atoms with Gasteiger partial charge in [0.2, 0.25) is 23.1 Å². The van der Waals surface area contributed by atoms with Crippen molar-refractivity contribution in [1.29, 1.82) is 0 Å². The summed E-state index contributed by atoms with van der Waals surface area (Å²) in [6, 6.07) is 0. The molecule has 2 heterocycles. The topological polar surface area (TPSA) is 83.0 Å². The van der Waals surface area contributed by atoms with E-state index in [1.54, 1.807) is 0 Å². The van der Waals surface area contributed by atoms with Gasteiger partial charge < -0.3 is 15.5 Å². The molecule has 2 rings (SSSR count). The molecule has 0 unspecified atom stereocenters. The van der Waals surface area contributed by atoms with Crippen LogP contribution in [-0.2, 0) is 4.79 Å². The third kappa shape index (κ3) is 2.70. The largest absolute Gasteiger partial charge is 0.354 e. The molecule has 0 radical (unpaired) electrons. The van der Waals surface area contributed by atoms with Crippen molar-refractivity contribution in [2.24, 2.45) is 0 Å². The van der Waals surface area contributed by atoms with Gasteiger partial charge in [0.15, 0.2) is 0 Å². The van der Waals surface area contributed by atoms with Crippen molar-refractivity contribution in [2.45, 2.75) is 26.3 Å². The maximum atomic E-state index is 11.9. The van der Waals surface area contributed by atoms with Gasteiger partial charge in [-0.25, -0.2) is 0 Å². The van der Waals surface area contributed by atoms with Crippen molar-refractivity contribution < 1.29 is 4.79 Å². The summed E-state index contributed by atoms with van der Waals surface area (Å²) in [5, 5.41) is 5.93. The number of nitrogens with zero attached hydrogens (tertiary/aromatic N) is 4. The number of rotatable bonds is 3. The Hall–Kier alpha value is -1.63. The fourth-order valence-corrected chi connectivity index (χ4v) is 2.10. The third-order valence-electron chi connectivity index (χ3n) is 3.02. The molecule has 0 spiro atoms. The van der Waals surface area contributed by atoms with E-state index in [9.17, 15) is 4.79 Å². The first kappa shape index (κ1) is 13.8. The average Bonchev–Trinajstić information content (AvgIpc) is 2.32. The highest BCUT2D eigenvalue weighted by Crippen LogP contribution is 2.24. The molecule has 2 N–H and O–H groups in total. The van der Waals surface area contributed by atoms with E-state index in [1.807, 2.05) is 25.7 Å². The zero-order chi connectivity index (χ0) is 14.0. The molecule has 1 saturated heterocycles. The van der Waals surface area contributed by atoms with Gasteiger partial charge in [-0.05, 0) is 32.4 Å². The molecule has 104 valence electrons. The predicted molar refractivity (Wildman–Crippen MR) is 73.4 cm³/mol. The molecule has 0 aliphatic carbocycles. The van der Waals surface area contributed by atoms with E-state index in [0.29, 0.717) is 31.5 Å². The Kier molecular flexibility index (Phi) is 3.75. The van der Waals surface area contributed by atoms with Gasteiger partial charge >= 0.3 is 0 Å². The molecule has 0 aromatic carbocycles. The molecule has 1 amide bonds. The lowest BCUT2D eigenvalue weighted by Crippen LogP contribution is -2.62. The summed E-state index contributed by atoms with van der Waals surface area (Å²) in [6.45, 7) is 7.46. The Morgan fingerprint density at radius 2 is 2.16 bits per heavy atom. The summed E-state index contributed by atoms with van der Waals surface area (Å²) in [6.07, 6.45) is 0. The molecular weight excluding hydrogens is 268 g/mol. The molecule has 1 aliphatic heterocycles. The van der Waals surface area contributed by atoms with Crippen LogP contribution < -0.4 is 15.5 Å². The Balaban J connectivity index is 2.37. The number of hydrogen-bond acceptors (Lipinski definition) is 6. The zero-order valence-corrected chi connectivity index (χ0v) is 12.0. The number of halogens is 1. The predicted octanol–water partition coefficient (Wildman–Crippen LogP) is 0.672. The summed E-state index contributed by atoms with van der Waals surface area (Å²) in [4.78, 5) is 26.2. The standard InChI is InChI=1S/C11H17ClN6O/c1-4-13-9-15-8(12)16-10(17-9)18-6-5-14-7(19)11(18,2)3/h4-6H2,1-3H3,(H,14,19)(H,13,15,16,17). The quantitative estimate of drug-likeness (QED) is 0.849. The van der Waals surface area contributed by atoms with Crippen molar-refractivity contribution in [3.63, 3.8) is 0 Å². The number of carbonyl (C=O) groups excluding carboxylic acids is 1. The highest BCUT2D eigenvalue weighted by atomic mass is 35.5. The third-order valence-corrected chi connectivity index (χ3v) is 3.19. The second-order valence-corrected chi connectivity index (χ2v) is 5.06. The van der Waals surface area contributed by atoms with Crippen molar-refractivity contribution in [2.75, 3.05) is 29.9 Å². The fraction of sp³-hybridized carbons (Fsp3) is 0.636. The van der Waals surface area contributed by atoms with E-state index in [0.717, 1.165) is 0 Å². The van der Waals surface area contributed by atoms with Crippen LogP contribution in [0.3, 0.4) is 0 Å². The molecule has 0 saturated carbocycles. The normalized spacial score (nSPS) is 18.1. The van der Waals surface area contributed by atoms with Crippen LogP contribution >= 0.6 is 11.6 Å². The first-order valence-electron chi connectivity index (χ1n) is 6.16. The number of amides is 1. The summed E-state index contributed by atoms with van der Waals surface area (Å²) < 4.78 is 0. The van der Waals surface area contributed by atoms with E-state index < -0.39 is 5.54 Å². The van der Waals surface area contributed by atoms with E-state index in [2.05, 4.69) is 25.6 Å². The minimum Gasteiger partial charge on any atom is -0.354 e. The van der Waals surface area contributed by atoms with Crippen molar-refractivity contribution in [3.05, 3.63) is 5.28 Å². The van der Waals surface area contributed by atoms with Gasteiger partial charge in [0.25, 0.3) is 0 Å². The molecule has 1 aromatic rings. The van der Waals surface area contributed by atoms with Crippen LogP contribution in [0.25, 0.3) is 0 Å². The Morgan fingerprint density at radius 3 is 2.84 bits per heavy atom. The number of piperazine rings is 1. The van der Waals surface area contributed by atoms with Gasteiger partial charge in [-0.3, -0.25) is 4.79 Å². The molecule has 19 heavy (non-hydrogen) atoms. The highest BCUT2D eigenvalue weighted by molar-refractivity contribution is 6.28. The van der Waals surface area contributed by atoms with Crippen LogP contribution in [0, 0.1) is 0 Å². The van der Waals surface area contributed by atoms with Crippen LogP contribution in [0.4, 0.5) is 11.9 Å². The molecule has 8 heteroatoms. The Bertz CT molecular complexity index is 492. The first-order chi connectivity index (χ1) is 8.95. The van der Waals surface area contributed by atoms with Crippen LogP contribution in [0.15, 0.2) is 0 Å². The monoisotopic (exact) mass is 284 g/mol. The van der Waals surface area contributed by atoms with Crippen LogP contribution in [0.2, 0.25) is 5.28 Å². The average molecular weight is 285 g/mol. The summed E-state index contributed by atoms with van der Waals surface area (Å²) in [7, 11) is 0. The van der Waals surface area contributed by atoms with Crippen LogP contribution in [0.5, 0.6) is 0 Å². The molecule has 7 nitrogen and oxygen atoms in total. The lowest BCUT2D eigenvalue weighted by Gasteiger charge is -2.41. The summed E-state index contributed by atoms with van der Waals surface area (Å²) >= 11 is 5.91. The summed E-state index contributed by atoms with van der Waals surface area (Å²) in [5.74, 6) is 0.773. The van der Waals surface area contributed by atoms with Crippen molar-refractivity contribution >= 4 is 29.4 Å². The molecule has 0 bridgehead atoms. The van der Waals surface area contributed by atoms with E-state index >= 15 is 0 Å². The Morgan fingerprint density at radius 1 is 1.42 bits per heavy atom. The summed E-state index contributed by atoms with van der Waals surface area (Å²) in [5.41, 5.74) is -0.716. The maximum absolute atomic E-state index is 11.9. The van der Waals surface area contributed by atoms with Crippen LogP contribution in [0.1, 0.15) is 20.8 Å². The number of hydrogen-bond donors (Lipinski definition) is 2. The van der Waals surface area contributed by atoms with Crippen molar-refractivity contribution in [1.82, 2.24) is 20.3 Å².